The summed E-state index contributed by atoms with van der Waals surface area (Å²) < 4.78 is 10.7. The van der Waals surface area contributed by atoms with Gasteiger partial charge < -0.3 is 15.2 Å². The van der Waals surface area contributed by atoms with Crippen molar-refractivity contribution in [3.05, 3.63) is 18.0 Å². The monoisotopic (exact) mass is 295 g/mol. The van der Waals surface area contributed by atoms with Crippen molar-refractivity contribution in [1.29, 1.82) is 0 Å². The van der Waals surface area contributed by atoms with E-state index in [-0.39, 0.29) is 0 Å². The standard InChI is InChI=1S/C14H21N3O2S/c1-18-12-3-6-16-11(13(12)19-2)9-17-7-4-10(5-8-17)14(15)20/h3,6,10H,4-5,7-9H2,1-2H3,(H2,15,20). The van der Waals surface area contributed by atoms with Crippen LogP contribution >= 0.6 is 12.2 Å². The second-order valence-corrected chi connectivity index (χ2v) is 5.42. The summed E-state index contributed by atoms with van der Waals surface area (Å²) in [5, 5.41) is 0. The summed E-state index contributed by atoms with van der Waals surface area (Å²) in [5.74, 6) is 1.81. The minimum atomic E-state index is 0.376. The molecule has 0 spiro atoms. The number of methoxy groups -OCH3 is 2. The molecular formula is C14H21N3O2S. The molecule has 20 heavy (non-hydrogen) atoms. The molecule has 0 bridgehead atoms. The number of pyridine rings is 1. The lowest BCUT2D eigenvalue weighted by Crippen LogP contribution is -2.37. The summed E-state index contributed by atoms with van der Waals surface area (Å²) in [5.41, 5.74) is 6.62. The lowest BCUT2D eigenvalue weighted by molar-refractivity contribution is 0.197. The summed E-state index contributed by atoms with van der Waals surface area (Å²) in [7, 11) is 3.28. The van der Waals surface area contributed by atoms with Gasteiger partial charge in [-0.15, -0.1) is 0 Å². The molecule has 2 rings (SSSR count). The summed E-state index contributed by atoms with van der Waals surface area (Å²) in [6.45, 7) is 2.71. The van der Waals surface area contributed by atoms with Crippen molar-refractivity contribution >= 4 is 17.2 Å². The lowest BCUT2D eigenvalue weighted by Gasteiger charge is -2.31. The predicted octanol–water partition coefficient (Wildman–Crippen LogP) is 1.60. The van der Waals surface area contributed by atoms with E-state index < -0.39 is 0 Å². The number of hydrogen-bond acceptors (Lipinski definition) is 5. The average Bonchev–Trinajstić information content (AvgIpc) is 2.47. The third-order valence-electron chi connectivity index (χ3n) is 3.73. The minimum absolute atomic E-state index is 0.376. The van der Waals surface area contributed by atoms with E-state index in [0.29, 0.717) is 16.7 Å². The quantitative estimate of drug-likeness (QED) is 0.833. The highest BCUT2D eigenvalue weighted by atomic mass is 32.1. The van der Waals surface area contributed by atoms with E-state index in [1.807, 2.05) is 0 Å². The molecule has 1 aromatic rings. The van der Waals surface area contributed by atoms with Gasteiger partial charge in [-0.2, -0.15) is 0 Å². The zero-order valence-electron chi connectivity index (χ0n) is 12.0. The highest BCUT2D eigenvalue weighted by molar-refractivity contribution is 7.80. The molecule has 0 saturated carbocycles. The Hall–Kier alpha value is -1.40. The summed E-state index contributed by atoms with van der Waals surface area (Å²) in [6.07, 6.45) is 3.78. The van der Waals surface area contributed by atoms with Gasteiger partial charge in [0, 0.05) is 24.7 Å². The number of likely N-dealkylation sites (tertiary alicyclic amines) is 1. The molecule has 1 aliphatic rings. The Morgan fingerprint density at radius 2 is 2.10 bits per heavy atom. The number of nitrogens with zero attached hydrogens (tertiary/aromatic N) is 2. The first-order valence-corrected chi connectivity index (χ1v) is 7.14. The zero-order chi connectivity index (χ0) is 14.5. The van der Waals surface area contributed by atoms with Crippen molar-refractivity contribution in [1.82, 2.24) is 9.88 Å². The first kappa shape index (κ1) is 15.0. The van der Waals surface area contributed by atoms with Crippen molar-refractivity contribution in [2.24, 2.45) is 11.7 Å². The normalized spacial score (nSPS) is 16.9. The lowest BCUT2D eigenvalue weighted by atomic mass is 9.97. The molecule has 1 saturated heterocycles. The van der Waals surface area contributed by atoms with Crippen LogP contribution in [0.3, 0.4) is 0 Å². The molecule has 6 heteroatoms. The Morgan fingerprint density at radius 1 is 1.40 bits per heavy atom. The SMILES string of the molecule is COc1ccnc(CN2CCC(C(N)=S)CC2)c1OC. The highest BCUT2D eigenvalue weighted by Gasteiger charge is 2.22. The molecule has 1 aliphatic heterocycles. The number of nitrogens with two attached hydrogens (primary N) is 1. The molecule has 1 fully saturated rings. The second-order valence-electron chi connectivity index (χ2n) is 4.95. The molecule has 0 amide bonds. The van der Waals surface area contributed by atoms with Crippen molar-refractivity contribution in [3.8, 4) is 11.5 Å². The van der Waals surface area contributed by atoms with Gasteiger partial charge in [0.15, 0.2) is 11.5 Å². The van der Waals surface area contributed by atoms with Crippen molar-refractivity contribution in [3.63, 3.8) is 0 Å². The third kappa shape index (κ3) is 3.37. The molecule has 0 aromatic carbocycles. The fourth-order valence-electron chi connectivity index (χ4n) is 2.55. The average molecular weight is 295 g/mol. The van der Waals surface area contributed by atoms with E-state index in [9.17, 15) is 0 Å². The fourth-order valence-corrected chi connectivity index (χ4v) is 2.79. The van der Waals surface area contributed by atoms with Gasteiger partial charge in [-0.1, -0.05) is 12.2 Å². The van der Waals surface area contributed by atoms with E-state index in [4.69, 9.17) is 27.4 Å². The fraction of sp³-hybridized carbons (Fsp3) is 0.571. The van der Waals surface area contributed by atoms with Crippen molar-refractivity contribution in [2.75, 3.05) is 27.3 Å². The maximum absolute atomic E-state index is 5.71. The molecule has 110 valence electrons. The topological polar surface area (TPSA) is 60.6 Å². The summed E-state index contributed by atoms with van der Waals surface area (Å²) >= 11 is 5.07. The predicted molar refractivity (Wildman–Crippen MR) is 82.1 cm³/mol. The molecule has 5 nitrogen and oxygen atoms in total. The smallest absolute Gasteiger partial charge is 0.183 e. The molecule has 0 atom stereocenters. The molecule has 1 aromatic heterocycles. The van der Waals surface area contributed by atoms with E-state index in [2.05, 4.69) is 9.88 Å². The first-order chi connectivity index (χ1) is 9.65. The molecule has 2 N–H and O–H groups in total. The van der Waals surface area contributed by atoms with Crippen LogP contribution in [0.1, 0.15) is 18.5 Å². The van der Waals surface area contributed by atoms with Gasteiger partial charge in [0.2, 0.25) is 0 Å². The van der Waals surface area contributed by atoms with E-state index in [0.717, 1.165) is 43.9 Å². The van der Waals surface area contributed by atoms with Crippen molar-refractivity contribution in [2.45, 2.75) is 19.4 Å². The van der Waals surface area contributed by atoms with Gasteiger partial charge in [-0.05, 0) is 25.9 Å². The Bertz CT molecular complexity index is 473. The molecule has 2 heterocycles. The van der Waals surface area contributed by atoms with Gasteiger partial charge in [0.05, 0.1) is 19.2 Å². The second kappa shape index (κ2) is 6.85. The van der Waals surface area contributed by atoms with Crippen molar-refractivity contribution < 1.29 is 9.47 Å². The zero-order valence-corrected chi connectivity index (χ0v) is 12.8. The summed E-state index contributed by atoms with van der Waals surface area (Å²) in [6, 6.07) is 1.81. The van der Waals surface area contributed by atoms with Gasteiger partial charge >= 0.3 is 0 Å². The van der Waals surface area contributed by atoms with Crippen LogP contribution in [0.2, 0.25) is 0 Å². The van der Waals surface area contributed by atoms with Gasteiger partial charge in [-0.25, -0.2) is 0 Å². The largest absolute Gasteiger partial charge is 0.493 e. The maximum atomic E-state index is 5.71. The number of aromatic nitrogens is 1. The van der Waals surface area contributed by atoms with Crippen LogP contribution in [0.15, 0.2) is 12.3 Å². The Kier molecular flexibility index (Phi) is 5.14. The number of piperidine rings is 1. The van der Waals surface area contributed by atoms with E-state index in [1.54, 1.807) is 26.5 Å². The van der Waals surface area contributed by atoms with Crippen LogP contribution in [-0.2, 0) is 6.54 Å². The van der Waals surface area contributed by atoms with Crippen LogP contribution in [-0.4, -0.2) is 42.2 Å². The molecule has 0 unspecified atom stereocenters. The number of rotatable bonds is 5. The van der Waals surface area contributed by atoms with E-state index >= 15 is 0 Å². The molecular weight excluding hydrogens is 274 g/mol. The minimum Gasteiger partial charge on any atom is -0.493 e. The van der Waals surface area contributed by atoms with E-state index in [1.165, 1.54) is 0 Å². The molecule has 0 aliphatic carbocycles. The van der Waals surface area contributed by atoms with Crippen LogP contribution < -0.4 is 15.2 Å². The van der Waals surface area contributed by atoms with Gasteiger partial charge in [0.1, 0.15) is 5.69 Å². The van der Waals surface area contributed by atoms with Crippen LogP contribution in [0.4, 0.5) is 0 Å². The number of ether oxygens (including phenoxy) is 2. The first-order valence-electron chi connectivity index (χ1n) is 6.73. The van der Waals surface area contributed by atoms with Gasteiger partial charge in [0.25, 0.3) is 0 Å². The Labute approximate surface area is 125 Å². The maximum Gasteiger partial charge on any atom is 0.183 e. The summed E-state index contributed by atoms with van der Waals surface area (Å²) in [4.78, 5) is 7.40. The Morgan fingerprint density at radius 3 is 2.65 bits per heavy atom. The number of hydrogen-bond donors (Lipinski definition) is 1. The Balaban J connectivity index is 2.03. The van der Waals surface area contributed by atoms with Crippen LogP contribution in [0.25, 0.3) is 0 Å². The van der Waals surface area contributed by atoms with Gasteiger partial charge in [-0.3, -0.25) is 9.88 Å². The van der Waals surface area contributed by atoms with Crippen LogP contribution in [0, 0.1) is 5.92 Å². The number of thiocarbonyl (C=S) groups is 1. The third-order valence-corrected chi connectivity index (χ3v) is 4.06. The molecule has 0 radical (unpaired) electrons. The van der Waals surface area contributed by atoms with Crippen LogP contribution in [0.5, 0.6) is 11.5 Å². The highest BCUT2D eigenvalue weighted by Crippen LogP contribution is 2.30.